The zero-order chi connectivity index (χ0) is 21.7. The summed E-state index contributed by atoms with van der Waals surface area (Å²) in [6, 6.07) is 0. The van der Waals surface area contributed by atoms with E-state index in [0.717, 1.165) is 0 Å². The highest BCUT2D eigenvalue weighted by molar-refractivity contribution is 4.96. The monoisotopic (exact) mass is 420 g/mol. The maximum atomic E-state index is 2.66. The van der Waals surface area contributed by atoms with Crippen LogP contribution in [0.25, 0.3) is 0 Å². The molecule has 0 aromatic rings. The van der Waals surface area contributed by atoms with Gasteiger partial charge in [0.15, 0.2) is 0 Å². The zero-order valence-corrected chi connectivity index (χ0v) is 21.2. The molecular weight excluding hydrogens is 364 g/mol. The third kappa shape index (κ3) is 13.6. The molecular formula is C28H56N2. The highest BCUT2D eigenvalue weighted by atomic mass is 15.4. The smallest absolute Gasteiger partial charge is 0.101 e. The molecule has 0 aromatic carbocycles. The van der Waals surface area contributed by atoms with Crippen molar-refractivity contribution in [1.82, 2.24) is 9.80 Å². The molecule has 0 saturated heterocycles. The van der Waals surface area contributed by atoms with E-state index < -0.39 is 0 Å². The first-order chi connectivity index (χ1) is 14.8. The molecule has 0 spiro atoms. The third-order valence-corrected chi connectivity index (χ3v) is 6.82. The minimum atomic E-state index is 0.644. The van der Waals surface area contributed by atoms with E-state index in [0.29, 0.717) is 6.17 Å². The fraction of sp³-hybridized carbons (Fsp3) is 0.929. The molecule has 0 aromatic heterocycles. The van der Waals surface area contributed by atoms with Crippen LogP contribution in [0.5, 0.6) is 0 Å². The summed E-state index contributed by atoms with van der Waals surface area (Å²) < 4.78 is 0. The molecule has 0 fully saturated rings. The fourth-order valence-corrected chi connectivity index (χ4v) is 4.75. The van der Waals surface area contributed by atoms with Gasteiger partial charge in [0.05, 0.1) is 0 Å². The fourth-order valence-electron chi connectivity index (χ4n) is 4.75. The highest BCUT2D eigenvalue weighted by Gasteiger charge is 2.24. The van der Waals surface area contributed by atoms with Gasteiger partial charge in [-0.2, -0.15) is 0 Å². The molecule has 1 aliphatic heterocycles. The number of nitrogens with zero attached hydrogens (tertiary/aromatic N) is 2. The van der Waals surface area contributed by atoms with Crippen LogP contribution in [0.1, 0.15) is 149 Å². The van der Waals surface area contributed by atoms with Gasteiger partial charge < -0.3 is 9.80 Å². The second-order valence-corrected chi connectivity index (χ2v) is 9.70. The van der Waals surface area contributed by atoms with Crippen LogP contribution in [0.3, 0.4) is 0 Å². The Morgan fingerprint density at radius 1 is 0.433 bits per heavy atom. The van der Waals surface area contributed by atoms with Crippen molar-refractivity contribution in [3.05, 3.63) is 12.4 Å². The molecule has 178 valence electrons. The van der Waals surface area contributed by atoms with E-state index >= 15 is 0 Å². The molecule has 30 heavy (non-hydrogen) atoms. The summed E-state index contributed by atoms with van der Waals surface area (Å²) in [5.74, 6) is 0. The number of hydrogen-bond donors (Lipinski definition) is 0. The van der Waals surface area contributed by atoms with Crippen molar-refractivity contribution in [2.45, 2.75) is 155 Å². The average molecular weight is 421 g/mol. The highest BCUT2D eigenvalue weighted by Crippen LogP contribution is 2.23. The quantitative estimate of drug-likeness (QED) is 0.161. The van der Waals surface area contributed by atoms with Crippen LogP contribution >= 0.6 is 0 Å². The Bertz CT molecular complexity index is 379. The molecule has 2 nitrogen and oxygen atoms in total. The molecule has 1 atom stereocenters. The lowest BCUT2D eigenvalue weighted by atomic mass is 10.0. The summed E-state index contributed by atoms with van der Waals surface area (Å²) in [5.41, 5.74) is 0. The van der Waals surface area contributed by atoms with Crippen molar-refractivity contribution in [3.8, 4) is 0 Å². The minimum Gasteiger partial charge on any atom is -0.356 e. The molecule has 0 amide bonds. The summed E-state index contributed by atoms with van der Waals surface area (Å²) in [6.07, 6.45) is 33.6. The van der Waals surface area contributed by atoms with E-state index in [9.17, 15) is 0 Å². The molecule has 2 heteroatoms. The molecule has 0 radical (unpaired) electrons. The third-order valence-electron chi connectivity index (χ3n) is 6.82. The second-order valence-electron chi connectivity index (χ2n) is 9.70. The number of rotatable bonds is 22. The summed E-state index contributed by atoms with van der Waals surface area (Å²) in [6.45, 7) is 9.42. The Labute approximate surface area is 190 Å². The first-order valence-corrected chi connectivity index (χ1v) is 14.0. The zero-order valence-electron chi connectivity index (χ0n) is 21.2. The van der Waals surface area contributed by atoms with E-state index in [1.165, 1.54) is 142 Å². The number of hydrogen-bond acceptors (Lipinski definition) is 2. The SMILES string of the molecule is CCCCCCCCCCCCCC1N(CCCC)C=CN1CCCCCCCC. The lowest BCUT2D eigenvalue weighted by Gasteiger charge is -2.33. The van der Waals surface area contributed by atoms with Gasteiger partial charge in [-0.05, 0) is 25.7 Å². The summed E-state index contributed by atoms with van der Waals surface area (Å²) in [5, 5.41) is 0. The Morgan fingerprint density at radius 2 is 0.800 bits per heavy atom. The Kier molecular flexibility index (Phi) is 18.5. The Morgan fingerprint density at radius 3 is 1.27 bits per heavy atom. The Hall–Kier alpha value is -0.660. The first kappa shape index (κ1) is 27.4. The van der Waals surface area contributed by atoms with E-state index in [4.69, 9.17) is 0 Å². The van der Waals surface area contributed by atoms with Crippen molar-refractivity contribution in [1.29, 1.82) is 0 Å². The van der Waals surface area contributed by atoms with Gasteiger partial charge in [0.2, 0.25) is 0 Å². The Balaban J connectivity index is 2.15. The second kappa shape index (κ2) is 20.3. The molecule has 1 rings (SSSR count). The van der Waals surface area contributed by atoms with Crippen LogP contribution in [-0.4, -0.2) is 29.1 Å². The van der Waals surface area contributed by atoms with Gasteiger partial charge >= 0.3 is 0 Å². The number of unbranched alkanes of at least 4 members (excludes halogenated alkanes) is 16. The van der Waals surface area contributed by atoms with Crippen molar-refractivity contribution >= 4 is 0 Å². The molecule has 1 aliphatic rings. The topological polar surface area (TPSA) is 6.48 Å². The van der Waals surface area contributed by atoms with Gasteiger partial charge in [0, 0.05) is 25.5 Å². The lowest BCUT2D eigenvalue weighted by molar-refractivity contribution is 0.136. The van der Waals surface area contributed by atoms with Crippen LogP contribution < -0.4 is 0 Å². The van der Waals surface area contributed by atoms with Crippen molar-refractivity contribution in [2.75, 3.05) is 13.1 Å². The predicted molar refractivity (Wildman–Crippen MR) is 136 cm³/mol. The van der Waals surface area contributed by atoms with Gasteiger partial charge in [-0.25, -0.2) is 0 Å². The predicted octanol–water partition coefficient (Wildman–Crippen LogP) is 9.26. The van der Waals surface area contributed by atoms with Crippen molar-refractivity contribution in [2.24, 2.45) is 0 Å². The largest absolute Gasteiger partial charge is 0.356 e. The van der Waals surface area contributed by atoms with Gasteiger partial charge in [-0.15, -0.1) is 0 Å². The molecule has 0 aliphatic carbocycles. The van der Waals surface area contributed by atoms with Gasteiger partial charge in [0.1, 0.15) is 6.17 Å². The summed E-state index contributed by atoms with van der Waals surface area (Å²) in [4.78, 5) is 5.29. The standard InChI is InChI=1S/C28H56N2/c1-4-7-10-12-14-15-16-17-18-19-21-23-28-29(24-9-6-3)26-27-30(28)25-22-20-13-11-8-5-2/h26-28H,4-25H2,1-3H3. The van der Waals surface area contributed by atoms with Gasteiger partial charge in [0.25, 0.3) is 0 Å². The van der Waals surface area contributed by atoms with Gasteiger partial charge in [-0.1, -0.05) is 124 Å². The minimum absolute atomic E-state index is 0.644. The van der Waals surface area contributed by atoms with Crippen molar-refractivity contribution < 1.29 is 0 Å². The molecule has 0 saturated carbocycles. The molecule has 1 heterocycles. The van der Waals surface area contributed by atoms with Crippen molar-refractivity contribution in [3.63, 3.8) is 0 Å². The lowest BCUT2D eigenvalue weighted by Crippen LogP contribution is -2.39. The first-order valence-electron chi connectivity index (χ1n) is 14.0. The van der Waals surface area contributed by atoms with Crippen LogP contribution in [0, 0.1) is 0 Å². The molecule has 1 unspecified atom stereocenters. The maximum absolute atomic E-state index is 2.66. The van der Waals surface area contributed by atoms with Crippen LogP contribution in [0.15, 0.2) is 12.4 Å². The van der Waals surface area contributed by atoms with Crippen LogP contribution in [-0.2, 0) is 0 Å². The van der Waals surface area contributed by atoms with Gasteiger partial charge in [-0.3, -0.25) is 0 Å². The van der Waals surface area contributed by atoms with E-state index in [2.05, 4.69) is 43.0 Å². The summed E-state index contributed by atoms with van der Waals surface area (Å²) in [7, 11) is 0. The average Bonchev–Trinajstić information content (AvgIpc) is 3.14. The van der Waals surface area contributed by atoms with E-state index in [1.54, 1.807) is 0 Å². The maximum Gasteiger partial charge on any atom is 0.101 e. The molecule has 0 bridgehead atoms. The van der Waals surface area contributed by atoms with E-state index in [1.807, 2.05) is 0 Å². The summed E-state index contributed by atoms with van der Waals surface area (Å²) >= 11 is 0. The van der Waals surface area contributed by atoms with Crippen LogP contribution in [0.2, 0.25) is 0 Å². The van der Waals surface area contributed by atoms with E-state index in [-0.39, 0.29) is 0 Å². The van der Waals surface area contributed by atoms with Crippen LogP contribution in [0.4, 0.5) is 0 Å². The molecule has 0 N–H and O–H groups in total. The normalized spacial score (nSPS) is 16.2.